The highest BCUT2D eigenvalue weighted by Crippen LogP contribution is 2.19. The van der Waals surface area contributed by atoms with E-state index >= 15 is 0 Å². The zero-order chi connectivity index (χ0) is 18.6. The number of carbonyl (C=O) groups is 1. The number of hydrogen-bond acceptors (Lipinski definition) is 5. The Morgan fingerprint density at radius 3 is 2.54 bits per heavy atom. The van der Waals surface area contributed by atoms with Crippen molar-refractivity contribution in [1.29, 1.82) is 0 Å². The van der Waals surface area contributed by atoms with Gasteiger partial charge in [-0.1, -0.05) is 12.1 Å². The lowest BCUT2D eigenvalue weighted by Gasteiger charge is -2.23. The van der Waals surface area contributed by atoms with E-state index in [0.29, 0.717) is 11.3 Å². The van der Waals surface area contributed by atoms with E-state index in [1.165, 1.54) is 23.3 Å². The number of benzene rings is 1. The maximum atomic E-state index is 12.8. The van der Waals surface area contributed by atoms with Crippen molar-refractivity contribution >= 4 is 5.91 Å². The first-order valence-electron chi connectivity index (χ1n) is 7.60. The lowest BCUT2D eigenvalue weighted by Crippen LogP contribution is -2.39. The molecule has 0 fully saturated rings. The fraction of sp³-hybridized carbons (Fsp3) is 0.250. The third kappa shape index (κ3) is 4.68. The Balaban J connectivity index is 1.70. The first kappa shape index (κ1) is 17.6. The number of furan rings is 1. The molecule has 1 aromatic carbocycles. The quantitative estimate of drug-likeness (QED) is 0.670. The Morgan fingerprint density at radius 2 is 1.96 bits per heavy atom. The minimum absolute atomic E-state index is 0.160. The van der Waals surface area contributed by atoms with E-state index in [2.05, 4.69) is 15.5 Å². The molecule has 0 bridgehead atoms. The Hall–Kier alpha value is -3.17. The van der Waals surface area contributed by atoms with Crippen LogP contribution in [0.5, 0.6) is 0 Å². The molecule has 0 unspecified atom stereocenters. The van der Waals surface area contributed by atoms with Gasteiger partial charge >= 0.3 is 6.18 Å². The van der Waals surface area contributed by atoms with Crippen molar-refractivity contribution in [3.63, 3.8) is 0 Å². The largest absolute Gasteiger partial charge is 0.467 e. The molecule has 0 aliphatic heterocycles. The number of amides is 1. The summed E-state index contributed by atoms with van der Waals surface area (Å²) in [5.41, 5.74) is 1.26. The van der Waals surface area contributed by atoms with Crippen LogP contribution < -0.4 is 0 Å². The maximum absolute atomic E-state index is 12.8. The van der Waals surface area contributed by atoms with Crippen molar-refractivity contribution in [2.24, 2.45) is 0 Å². The molecule has 0 radical (unpaired) electrons. The molecule has 0 saturated carbocycles. The van der Waals surface area contributed by atoms with E-state index in [4.69, 9.17) is 4.42 Å². The molecule has 10 heteroatoms. The van der Waals surface area contributed by atoms with E-state index in [1.807, 2.05) is 0 Å². The second-order valence-corrected chi connectivity index (χ2v) is 5.54. The van der Waals surface area contributed by atoms with Crippen LogP contribution in [0.3, 0.4) is 0 Å². The molecule has 2 aromatic heterocycles. The predicted molar refractivity (Wildman–Crippen MR) is 83.0 cm³/mol. The first-order valence-corrected chi connectivity index (χ1v) is 7.60. The molecule has 26 heavy (non-hydrogen) atoms. The molecule has 0 aliphatic rings. The van der Waals surface area contributed by atoms with Gasteiger partial charge in [-0.2, -0.15) is 13.2 Å². The van der Waals surface area contributed by atoms with Gasteiger partial charge in [0.2, 0.25) is 5.91 Å². The molecule has 7 nitrogen and oxygen atoms in total. The van der Waals surface area contributed by atoms with Crippen molar-refractivity contribution in [2.75, 3.05) is 6.54 Å². The van der Waals surface area contributed by atoms with Crippen LogP contribution in [0.4, 0.5) is 13.2 Å². The molecule has 3 aromatic rings. The zero-order valence-electron chi connectivity index (χ0n) is 13.4. The number of tetrazole rings is 1. The second kappa shape index (κ2) is 7.38. The summed E-state index contributed by atoms with van der Waals surface area (Å²) in [6.45, 7) is -1.58. The van der Waals surface area contributed by atoms with Gasteiger partial charge in [-0.15, -0.1) is 5.10 Å². The van der Waals surface area contributed by atoms with Crippen LogP contribution in [-0.2, 0) is 17.8 Å². The van der Waals surface area contributed by atoms with E-state index in [-0.39, 0.29) is 18.7 Å². The highest BCUT2D eigenvalue weighted by molar-refractivity contribution is 5.78. The highest BCUT2D eigenvalue weighted by Gasteiger charge is 2.33. The van der Waals surface area contributed by atoms with Crippen LogP contribution in [0.25, 0.3) is 5.69 Å². The number of aromatic nitrogens is 4. The average molecular weight is 365 g/mol. The fourth-order valence-electron chi connectivity index (χ4n) is 2.37. The molecular formula is C16H14F3N5O2. The van der Waals surface area contributed by atoms with Crippen molar-refractivity contribution in [3.05, 3.63) is 60.3 Å². The van der Waals surface area contributed by atoms with Crippen LogP contribution in [0.15, 0.2) is 53.4 Å². The van der Waals surface area contributed by atoms with Gasteiger partial charge in [-0.3, -0.25) is 4.79 Å². The summed E-state index contributed by atoms with van der Waals surface area (Å²) in [6, 6.07) is 9.74. The molecule has 0 aliphatic carbocycles. The topological polar surface area (TPSA) is 77.1 Å². The number of hydrogen-bond donors (Lipinski definition) is 0. The van der Waals surface area contributed by atoms with Crippen LogP contribution >= 0.6 is 0 Å². The van der Waals surface area contributed by atoms with E-state index in [1.54, 1.807) is 30.3 Å². The maximum Gasteiger partial charge on any atom is 0.406 e. The second-order valence-electron chi connectivity index (χ2n) is 5.54. The van der Waals surface area contributed by atoms with Gasteiger partial charge in [0.1, 0.15) is 18.6 Å². The molecule has 3 rings (SSSR count). The van der Waals surface area contributed by atoms with Gasteiger partial charge in [0.15, 0.2) is 0 Å². The van der Waals surface area contributed by atoms with Gasteiger partial charge in [-0.05, 0) is 40.3 Å². The summed E-state index contributed by atoms with van der Waals surface area (Å²) in [5.74, 6) is -0.356. The number of carbonyl (C=O) groups excluding carboxylic acids is 1. The Labute approximate surface area is 146 Å². The summed E-state index contributed by atoms with van der Waals surface area (Å²) in [7, 11) is 0. The summed E-state index contributed by atoms with van der Waals surface area (Å²) >= 11 is 0. The fourth-order valence-corrected chi connectivity index (χ4v) is 2.37. The highest BCUT2D eigenvalue weighted by atomic mass is 19.4. The van der Waals surface area contributed by atoms with Gasteiger partial charge in [0.25, 0.3) is 0 Å². The molecule has 2 heterocycles. The number of halogens is 3. The molecule has 1 amide bonds. The number of alkyl halides is 3. The van der Waals surface area contributed by atoms with Crippen LogP contribution in [0.1, 0.15) is 11.3 Å². The van der Waals surface area contributed by atoms with Gasteiger partial charge in [-0.25, -0.2) is 4.68 Å². The minimum atomic E-state index is -4.49. The van der Waals surface area contributed by atoms with Gasteiger partial charge < -0.3 is 9.32 Å². The van der Waals surface area contributed by atoms with Gasteiger partial charge in [0, 0.05) is 0 Å². The van der Waals surface area contributed by atoms with Crippen LogP contribution in [0, 0.1) is 0 Å². The van der Waals surface area contributed by atoms with Crippen molar-refractivity contribution < 1.29 is 22.4 Å². The third-order valence-corrected chi connectivity index (χ3v) is 3.55. The summed E-state index contributed by atoms with van der Waals surface area (Å²) in [5, 5.41) is 10.8. The molecule has 0 spiro atoms. The Kier molecular flexibility index (Phi) is 5.01. The molecular weight excluding hydrogens is 351 g/mol. The normalized spacial score (nSPS) is 11.5. The average Bonchev–Trinajstić information content (AvgIpc) is 3.27. The van der Waals surface area contributed by atoms with Crippen molar-refractivity contribution in [3.8, 4) is 5.69 Å². The predicted octanol–water partition coefficient (Wildman–Crippen LogP) is 2.39. The number of rotatable bonds is 6. The summed E-state index contributed by atoms with van der Waals surface area (Å²) in [6.07, 6.45) is -1.89. The van der Waals surface area contributed by atoms with Crippen molar-refractivity contribution in [2.45, 2.75) is 19.1 Å². The van der Waals surface area contributed by atoms with Crippen molar-refractivity contribution in [1.82, 2.24) is 25.1 Å². The third-order valence-electron chi connectivity index (χ3n) is 3.55. The molecule has 0 saturated heterocycles. The Morgan fingerprint density at radius 1 is 1.19 bits per heavy atom. The van der Waals surface area contributed by atoms with Crippen LogP contribution in [0.2, 0.25) is 0 Å². The number of nitrogens with zero attached hydrogens (tertiary/aromatic N) is 5. The molecule has 0 N–H and O–H groups in total. The standard InChI is InChI=1S/C16H14F3N5O2/c17-16(18,19)10-23(9-14-2-1-7-26-14)15(25)8-12-3-5-13(6-4-12)24-11-20-21-22-24/h1-7,11H,8-10H2. The van der Waals surface area contributed by atoms with E-state index in [0.717, 1.165) is 4.90 Å². The van der Waals surface area contributed by atoms with E-state index < -0.39 is 18.6 Å². The monoisotopic (exact) mass is 365 g/mol. The first-order chi connectivity index (χ1) is 12.4. The molecule has 0 atom stereocenters. The Bertz CT molecular complexity index is 830. The van der Waals surface area contributed by atoms with Gasteiger partial charge in [0.05, 0.1) is 24.9 Å². The minimum Gasteiger partial charge on any atom is -0.467 e. The van der Waals surface area contributed by atoms with Crippen LogP contribution in [-0.4, -0.2) is 43.7 Å². The SMILES string of the molecule is O=C(Cc1ccc(-n2cnnn2)cc1)N(Cc1ccco1)CC(F)(F)F. The molecule has 136 valence electrons. The zero-order valence-corrected chi connectivity index (χ0v) is 13.4. The lowest BCUT2D eigenvalue weighted by atomic mass is 10.1. The smallest absolute Gasteiger partial charge is 0.406 e. The summed E-state index contributed by atoms with van der Waals surface area (Å²) in [4.78, 5) is 13.1. The lowest BCUT2D eigenvalue weighted by molar-refractivity contribution is -0.162. The van der Waals surface area contributed by atoms with E-state index in [9.17, 15) is 18.0 Å². The summed E-state index contributed by atoms with van der Waals surface area (Å²) < 4.78 is 44.9.